The third-order valence-corrected chi connectivity index (χ3v) is 5.08. The summed E-state index contributed by atoms with van der Waals surface area (Å²) in [5, 5.41) is 26.0. The van der Waals surface area contributed by atoms with Crippen molar-refractivity contribution in [2.24, 2.45) is 4.99 Å². The monoisotopic (exact) mass is 483 g/mol. The molecule has 0 saturated carbocycles. The van der Waals surface area contributed by atoms with E-state index in [1.165, 1.54) is 25.6 Å². The Labute approximate surface area is 198 Å². The van der Waals surface area contributed by atoms with Gasteiger partial charge in [-0.1, -0.05) is 12.1 Å². The number of aliphatic carboxylic acids is 2. The van der Waals surface area contributed by atoms with E-state index in [0.717, 1.165) is 0 Å². The molecule has 176 valence electrons. The summed E-state index contributed by atoms with van der Waals surface area (Å²) in [5.74, 6) is -1.86. The first-order chi connectivity index (χ1) is 16.4. The van der Waals surface area contributed by atoms with E-state index in [-0.39, 0.29) is 12.5 Å². The molecule has 2 aromatic heterocycles. The summed E-state index contributed by atoms with van der Waals surface area (Å²) in [7, 11) is 3.02. The molecular weight excluding hydrogens is 462 g/mol. The molecule has 0 spiro atoms. The van der Waals surface area contributed by atoms with E-state index < -0.39 is 17.6 Å². The molecule has 2 heterocycles. The quantitative estimate of drug-likeness (QED) is 0.203. The Balaban J connectivity index is 1.94. The number of aromatic nitrogens is 2. The van der Waals surface area contributed by atoms with Gasteiger partial charge in [0.25, 0.3) is 0 Å². The summed E-state index contributed by atoms with van der Waals surface area (Å²) < 4.78 is 10.8. The number of guanidine groups is 1. The zero-order valence-corrected chi connectivity index (χ0v) is 19.0. The maximum atomic E-state index is 11.5. The average molecular weight is 484 g/mol. The highest BCUT2D eigenvalue weighted by atomic mass is 32.1. The Morgan fingerprint density at radius 2 is 1.82 bits per heavy atom. The second kappa shape index (κ2) is 11.4. The number of thiazole rings is 1. The van der Waals surface area contributed by atoms with Crippen molar-refractivity contribution in [3.05, 3.63) is 65.3 Å². The molecule has 0 aliphatic heterocycles. The first-order valence-corrected chi connectivity index (χ1v) is 10.6. The smallest absolute Gasteiger partial charge is 0.352 e. The normalized spacial score (nSPS) is 11.6. The van der Waals surface area contributed by atoms with Gasteiger partial charge in [0.1, 0.15) is 22.9 Å². The minimum atomic E-state index is -1.47. The number of carboxylic acids is 2. The highest BCUT2D eigenvalue weighted by Crippen LogP contribution is 2.28. The molecule has 0 radical (unpaired) electrons. The lowest BCUT2D eigenvalue weighted by Gasteiger charge is -2.16. The van der Waals surface area contributed by atoms with E-state index in [1.54, 1.807) is 41.9 Å². The Kier molecular flexibility index (Phi) is 8.13. The van der Waals surface area contributed by atoms with Gasteiger partial charge in [0.2, 0.25) is 11.1 Å². The number of carbonyl (C=O) groups is 2. The van der Waals surface area contributed by atoms with Crippen molar-refractivity contribution in [2.45, 2.75) is 6.54 Å². The number of nitrogens with zero attached hydrogens (tertiary/aromatic N) is 3. The van der Waals surface area contributed by atoms with Gasteiger partial charge in [-0.25, -0.2) is 14.6 Å². The number of pyridine rings is 1. The molecule has 3 rings (SSSR count). The van der Waals surface area contributed by atoms with Crippen LogP contribution in [0.3, 0.4) is 0 Å². The van der Waals surface area contributed by atoms with Gasteiger partial charge in [-0.15, -0.1) is 11.3 Å². The molecule has 11 nitrogen and oxygen atoms in total. The van der Waals surface area contributed by atoms with Gasteiger partial charge < -0.3 is 30.3 Å². The number of nitrogens with one attached hydrogen (secondary N) is 2. The van der Waals surface area contributed by atoms with Crippen LogP contribution in [0.5, 0.6) is 11.5 Å². The lowest BCUT2D eigenvalue weighted by atomic mass is 10.1. The minimum Gasteiger partial charge on any atom is -0.496 e. The van der Waals surface area contributed by atoms with Crippen LogP contribution >= 0.6 is 11.3 Å². The van der Waals surface area contributed by atoms with E-state index in [0.29, 0.717) is 39.7 Å². The fourth-order valence-electron chi connectivity index (χ4n) is 2.83. The van der Waals surface area contributed by atoms with Crippen molar-refractivity contribution in [2.75, 3.05) is 14.2 Å². The third-order valence-electron chi connectivity index (χ3n) is 4.34. The van der Waals surface area contributed by atoms with E-state index >= 15 is 0 Å². The fraction of sp³-hybridized carbons (Fsp3) is 0.136. The summed E-state index contributed by atoms with van der Waals surface area (Å²) in [6.07, 6.45) is 2.17. The van der Waals surface area contributed by atoms with Crippen molar-refractivity contribution in [1.29, 1.82) is 0 Å². The van der Waals surface area contributed by atoms with Gasteiger partial charge >= 0.3 is 11.9 Å². The number of carboxylic acid groups (broad SMARTS) is 2. The van der Waals surface area contributed by atoms with Gasteiger partial charge in [-0.2, -0.15) is 4.99 Å². The minimum absolute atomic E-state index is 0.0372. The molecule has 4 N–H and O–H groups in total. The molecule has 34 heavy (non-hydrogen) atoms. The summed E-state index contributed by atoms with van der Waals surface area (Å²) in [6, 6.07) is 10.7. The average Bonchev–Trinajstić information content (AvgIpc) is 3.30. The lowest BCUT2D eigenvalue weighted by Crippen LogP contribution is -2.38. The molecular formula is C22H21N5O6S. The molecule has 3 aromatic rings. The highest BCUT2D eigenvalue weighted by Gasteiger charge is 2.16. The number of methoxy groups -OCH3 is 2. The summed E-state index contributed by atoms with van der Waals surface area (Å²) in [4.78, 5) is 35.6. The molecule has 0 aliphatic rings. The number of rotatable bonds is 9. The van der Waals surface area contributed by atoms with Gasteiger partial charge in [-0.05, 0) is 24.3 Å². The van der Waals surface area contributed by atoms with Crippen LogP contribution in [-0.2, 0) is 16.1 Å². The van der Waals surface area contributed by atoms with E-state index in [4.69, 9.17) is 14.6 Å². The predicted octanol–water partition coefficient (Wildman–Crippen LogP) is 2.64. The number of hydrogen-bond donors (Lipinski definition) is 4. The SMILES string of the molecule is COc1cccc(OC)c1CNC(=Nc1nc(-c2ccccn2)cs1)N/C(=C\C(=O)O)C(=O)O. The molecule has 0 bridgehead atoms. The Morgan fingerprint density at radius 1 is 1.09 bits per heavy atom. The third kappa shape index (κ3) is 6.29. The first-order valence-electron chi connectivity index (χ1n) is 9.75. The Hall–Kier alpha value is -4.45. The lowest BCUT2D eigenvalue weighted by molar-refractivity contribution is -0.135. The van der Waals surface area contributed by atoms with Crippen LogP contribution in [0, 0.1) is 0 Å². The van der Waals surface area contributed by atoms with Crippen LogP contribution in [0.1, 0.15) is 5.56 Å². The van der Waals surface area contributed by atoms with Crippen LogP contribution in [0.15, 0.2) is 64.7 Å². The largest absolute Gasteiger partial charge is 0.496 e. The van der Waals surface area contributed by atoms with Crippen LogP contribution in [0.2, 0.25) is 0 Å². The standard InChI is InChI=1S/C22H21N5O6S/c1-32-17-7-5-8-18(33-2)13(17)11-24-21(25-15(20(30)31)10-19(28)29)27-22-26-16(12-34-22)14-6-3-4-9-23-14/h3-10,12H,11H2,1-2H3,(H,28,29)(H,30,31)(H2,24,25,26,27)/b15-10-. The summed E-state index contributed by atoms with van der Waals surface area (Å²) in [6.45, 7) is 0.122. The molecule has 1 aromatic carbocycles. The molecule has 0 fully saturated rings. The molecule has 0 atom stereocenters. The second-order valence-corrected chi connectivity index (χ2v) is 7.35. The number of ether oxygens (including phenoxy) is 2. The molecule has 0 unspecified atom stereocenters. The molecule has 0 aliphatic carbocycles. The van der Waals surface area contributed by atoms with E-state index in [2.05, 4.69) is 25.6 Å². The van der Waals surface area contributed by atoms with Gasteiger partial charge in [0, 0.05) is 11.6 Å². The number of aliphatic imine (C=N–C) groups is 1. The van der Waals surface area contributed by atoms with Crippen molar-refractivity contribution >= 4 is 34.4 Å². The second-order valence-electron chi connectivity index (χ2n) is 6.51. The Bertz CT molecular complexity index is 1200. The zero-order valence-electron chi connectivity index (χ0n) is 18.2. The first kappa shape index (κ1) is 24.2. The molecule has 0 amide bonds. The summed E-state index contributed by atoms with van der Waals surface area (Å²) in [5.41, 5.74) is 1.30. The Morgan fingerprint density at radius 3 is 2.41 bits per heavy atom. The van der Waals surface area contributed by atoms with Crippen molar-refractivity contribution in [3.63, 3.8) is 0 Å². The van der Waals surface area contributed by atoms with E-state index in [9.17, 15) is 14.7 Å². The summed E-state index contributed by atoms with van der Waals surface area (Å²) >= 11 is 1.21. The van der Waals surface area contributed by atoms with Gasteiger partial charge in [0.15, 0.2) is 0 Å². The highest BCUT2D eigenvalue weighted by molar-refractivity contribution is 7.13. The van der Waals surface area contributed by atoms with Crippen molar-refractivity contribution in [1.82, 2.24) is 20.6 Å². The number of benzene rings is 1. The maximum Gasteiger partial charge on any atom is 0.352 e. The predicted molar refractivity (Wildman–Crippen MR) is 125 cm³/mol. The van der Waals surface area contributed by atoms with Crippen LogP contribution < -0.4 is 20.1 Å². The van der Waals surface area contributed by atoms with Crippen LogP contribution in [0.4, 0.5) is 5.13 Å². The van der Waals surface area contributed by atoms with Gasteiger partial charge in [0.05, 0.1) is 38.1 Å². The molecule has 0 saturated heterocycles. The fourth-order valence-corrected chi connectivity index (χ4v) is 3.52. The van der Waals surface area contributed by atoms with Crippen LogP contribution in [-0.4, -0.2) is 52.3 Å². The molecule has 12 heteroatoms. The topological polar surface area (TPSA) is 155 Å². The number of hydrogen-bond acceptors (Lipinski definition) is 8. The van der Waals surface area contributed by atoms with Crippen LogP contribution in [0.25, 0.3) is 11.4 Å². The van der Waals surface area contributed by atoms with Crippen molar-refractivity contribution in [3.8, 4) is 22.9 Å². The zero-order chi connectivity index (χ0) is 24.5. The maximum absolute atomic E-state index is 11.5. The van der Waals surface area contributed by atoms with Gasteiger partial charge in [-0.3, -0.25) is 4.98 Å². The van der Waals surface area contributed by atoms with E-state index in [1.807, 2.05) is 6.07 Å². The van der Waals surface area contributed by atoms with Crippen molar-refractivity contribution < 1.29 is 29.3 Å².